The summed E-state index contributed by atoms with van der Waals surface area (Å²) in [6.07, 6.45) is 2.08. The van der Waals surface area contributed by atoms with Crippen LogP contribution in [-0.4, -0.2) is 0 Å². The van der Waals surface area contributed by atoms with Gasteiger partial charge in [-0.2, -0.15) is 0 Å². The molecule has 0 bridgehead atoms. The van der Waals surface area contributed by atoms with Gasteiger partial charge >= 0.3 is 0 Å². The first-order valence-corrected chi connectivity index (χ1v) is 12.4. The van der Waals surface area contributed by atoms with Crippen LogP contribution in [0.2, 0.25) is 0 Å². The second kappa shape index (κ2) is 8.06. The Balaban J connectivity index is 1.52. The van der Waals surface area contributed by atoms with E-state index in [-0.39, 0.29) is 5.41 Å². The zero-order valence-electron chi connectivity index (χ0n) is 20.8. The standard InChI is InChI=1S/C34H29N/c1-22-19-25(23-9-12-27(13-10-23)34(2,3)4)21-26(20-22)33-32-16-15-29-28-8-6-5-7-24(28)11-14-30(29)31(32)17-18-35-33/h5-21H,1-4H3/p+1. The van der Waals surface area contributed by atoms with Crippen LogP contribution in [0.1, 0.15) is 31.9 Å². The molecular weight excluding hydrogens is 422 g/mol. The first-order valence-electron chi connectivity index (χ1n) is 12.4. The highest BCUT2D eigenvalue weighted by Gasteiger charge is 2.16. The molecule has 0 aliphatic rings. The number of nitrogens with one attached hydrogen (secondary N) is 1. The molecule has 0 unspecified atom stereocenters. The molecule has 0 saturated carbocycles. The summed E-state index contributed by atoms with van der Waals surface area (Å²) in [5, 5.41) is 7.70. The summed E-state index contributed by atoms with van der Waals surface area (Å²) in [4.78, 5) is 3.56. The maximum atomic E-state index is 3.56. The van der Waals surface area contributed by atoms with Gasteiger partial charge in [-0.15, -0.1) is 0 Å². The molecule has 6 aromatic rings. The van der Waals surface area contributed by atoms with E-state index < -0.39 is 0 Å². The van der Waals surface area contributed by atoms with Gasteiger partial charge in [0.2, 0.25) is 5.69 Å². The van der Waals surface area contributed by atoms with Gasteiger partial charge in [0.05, 0.1) is 5.39 Å². The number of aromatic nitrogens is 1. The van der Waals surface area contributed by atoms with Crippen LogP contribution in [0.15, 0.2) is 103 Å². The van der Waals surface area contributed by atoms with Gasteiger partial charge in [0.15, 0.2) is 6.20 Å². The van der Waals surface area contributed by atoms with Gasteiger partial charge in [-0.3, -0.25) is 0 Å². The summed E-state index contributed by atoms with van der Waals surface area (Å²) in [5.74, 6) is 0. The molecule has 1 nitrogen and oxygen atoms in total. The molecule has 1 heterocycles. The summed E-state index contributed by atoms with van der Waals surface area (Å²) in [5.41, 5.74) is 7.64. The molecule has 1 aromatic heterocycles. The van der Waals surface area contributed by atoms with Crippen LogP contribution in [0, 0.1) is 6.92 Å². The highest BCUT2D eigenvalue weighted by Crippen LogP contribution is 2.35. The molecule has 35 heavy (non-hydrogen) atoms. The Hall–Kier alpha value is -3.97. The molecule has 1 heteroatoms. The van der Waals surface area contributed by atoms with Crippen LogP contribution in [0.4, 0.5) is 0 Å². The molecule has 0 radical (unpaired) electrons. The number of hydrogen-bond acceptors (Lipinski definition) is 0. The van der Waals surface area contributed by atoms with E-state index >= 15 is 0 Å². The van der Waals surface area contributed by atoms with Crippen molar-refractivity contribution >= 4 is 32.3 Å². The molecule has 0 amide bonds. The minimum Gasteiger partial charge on any atom is -0.211 e. The Morgan fingerprint density at radius 2 is 1.20 bits per heavy atom. The van der Waals surface area contributed by atoms with E-state index in [0.717, 1.165) is 5.69 Å². The highest BCUT2D eigenvalue weighted by atomic mass is 14.7. The first kappa shape index (κ1) is 21.6. The quantitative estimate of drug-likeness (QED) is 0.233. The van der Waals surface area contributed by atoms with Crippen LogP contribution >= 0.6 is 0 Å². The van der Waals surface area contributed by atoms with Gasteiger partial charge in [-0.1, -0.05) is 93.6 Å². The minimum atomic E-state index is 0.155. The van der Waals surface area contributed by atoms with Crippen LogP contribution in [-0.2, 0) is 5.41 Å². The van der Waals surface area contributed by atoms with Gasteiger partial charge in [0.25, 0.3) is 0 Å². The second-order valence-corrected chi connectivity index (χ2v) is 10.7. The zero-order chi connectivity index (χ0) is 24.2. The number of benzene rings is 5. The molecule has 0 saturated heterocycles. The fourth-order valence-electron chi connectivity index (χ4n) is 5.29. The number of aryl methyl sites for hydroxylation is 1. The largest absolute Gasteiger partial charge is 0.218 e. The van der Waals surface area contributed by atoms with Crippen molar-refractivity contribution in [1.82, 2.24) is 0 Å². The van der Waals surface area contributed by atoms with Crippen LogP contribution in [0.5, 0.6) is 0 Å². The second-order valence-electron chi connectivity index (χ2n) is 10.7. The average Bonchev–Trinajstić information content (AvgIpc) is 2.87. The topological polar surface area (TPSA) is 14.1 Å². The number of aromatic amines is 1. The lowest BCUT2D eigenvalue weighted by molar-refractivity contribution is -0.362. The Labute approximate surface area is 207 Å². The number of rotatable bonds is 2. The Morgan fingerprint density at radius 3 is 2.00 bits per heavy atom. The highest BCUT2D eigenvalue weighted by molar-refractivity contribution is 6.18. The lowest BCUT2D eigenvalue weighted by Crippen LogP contribution is -2.10. The fourth-order valence-corrected chi connectivity index (χ4v) is 5.29. The van der Waals surface area contributed by atoms with Crippen molar-refractivity contribution in [2.24, 2.45) is 0 Å². The van der Waals surface area contributed by atoms with Crippen LogP contribution in [0.3, 0.4) is 0 Å². The first-order chi connectivity index (χ1) is 16.9. The van der Waals surface area contributed by atoms with E-state index in [9.17, 15) is 0 Å². The van der Waals surface area contributed by atoms with Gasteiger partial charge in [0, 0.05) is 17.0 Å². The SMILES string of the molecule is Cc1cc(-c2ccc(C(C)(C)C)cc2)cc(-c2[nH+]ccc3c2ccc2c4ccccc4ccc32)c1. The molecule has 6 rings (SSSR count). The summed E-state index contributed by atoms with van der Waals surface area (Å²) >= 11 is 0. The molecule has 0 fully saturated rings. The monoisotopic (exact) mass is 452 g/mol. The molecule has 0 spiro atoms. The number of hydrogen-bond donors (Lipinski definition) is 0. The normalized spacial score (nSPS) is 12.0. The summed E-state index contributed by atoms with van der Waals surface area (Å²) < 4.78 is 0. The van der Waals surface area contributed by atoms with Crippen LogP contribution in [0.25, 0.3) is 54.7 Å². The molecule has 0 aliphatic carbocycles. The van der Waals surface area contributed by atoms with Crippen molar-refractivity contribution in [3.63, 3.8) is 0 Å². The maximum Gasteiger partial charge on any atom is 0.218 e. The lowest BCUT2D eigenvalue weighted by Gasteiger charge is -2.19. The Bertz CT molecular complexity index is 1720. The lowest BCUT2D eigenvalue weighted by atomic mass is 9.86. The number of H-pyrrole nitrogens is 1. The van der Waals surface area contributed by atoms with E-state index in [4.69, 9.17) is 0 Å². The molecule has 0 atom stereocenters. The summed E-state index contributed by atoms with van der Waals surface area (Å²) in [7, 11) is 0. The molecule has 5 aromatic carbocycles. The molecule has 1 N–H and O–H groups in total. The van der Waals surface area contributed by atoms with Gasteiger partial charge in [-0.25, -0.2) is 4.98 Å². The van der Waals surface area contributed by atoms with E-state index in [0.29, 0.717) is 0 Å². The van der Waals surface area contributed by atoms with E-state index in [2.05, 4.69) is 136 Å². The van der Waals surface area contributed by atoms with Gasteiger partial charge < -0.3 is 0 Å². The summed E-state index contributed by atoms with van der Waals surface area (Å²) in [6.45, 7) is 8.96. The maximum absolute atomic E-state index is 3.56. The average molecular weight is 453 g/mol. The Morgan fingerprint density at radius 1 is 0.543 bits per heavy atom. The minimum absolute atomic E-state index is 0.155. The third-order valence-electron chi connectivity index (χ3n) is 7.16. The van der Waals surface area contributed by atoms with Gasteiger partial charge in [0.1, 0.15) is 0 Å². The van der Waals surface area contributed by atoms with Crippen molar-refractivity contribution in [3.8, 4) is 22.4 Å². The van der Waals surface area contributed by atoms with E-state index in [1.165, 1.54) is 60.1 Å². The van der Waals surface area contributed by atoms with Gasteiger partial charge in [-0.05, 0) is 74.3 Å². The zero-order valence-corrected chi connectivity index (χ0v) is 20.8. The number of fused-ring (bicyclic) bond motifs is 5. The fraction of sp³-hybridized carbons (Fsp3) is 0.147. The molecular formula is C34H30N+. The third kappa shape index (κ3) is 3.78. The Kier molecular flexibility index (Phi) is 4.96. The predicted octanol–water partition coefficient (Wildman–Crippen LogP) is 8.90. The van der Waals surface area contributed by atoms with E-state index in [1.807, 2.05) is 0 Å². The summed E-state index contributed by atoms with van der Waals surface area (Å²) in [6, 6.07) is 35.8. The van der Waals surface area contributed by atoms with Crippen LogP contribution < -0.4 is 4.98 Å². The molecule has 170 valence electrons. The molecule has 0 aliphatic heterocycles. The predicted molar refractivity (Wildman–Crippen MR) is 150 cm³/mol. The van der Waals surface area contributed by atoms with E-state index in [1.54, 1.807) is 0 Å². The van der Waals surface area contributed by atoms with Crippen molar-refractivity contribution in [2.75, 3.05) is 0 Å². The van der Waals surface area contributed by atoms with Crippen molar-refractivity contribution in [3.05, 3.63) is 114 Å². The van der Waals surface area contributed by atoms with Crippen molar-refractivity contribution < 1.29 is 4.98 Å². The third-order valence-corrected chi connectivity index (χ3v) is 7.16. The van der Waals surface area contributed by atoms with Crippen molar-refractivity contribution in [2.45, 2.75) is 33.1 Å². The van der Waals surface area contributed by atoms with Crippen molar-refractivity contribution in [1.29, 1.82) is 0 Å². The number of pyridine rings is 1. The smallest absolute Gasteiger partial charge is 0.211 e.